The highest BCUT2D eigenvalue weighted by Crippen LogP contribution is 2.01. The Balaban J connectivity index is 2.37. The summed E-state index contributed by atoms with van der Waals surface area (Å²) in [7, 11) is 0. The largest absolute Gasteiger partial charge is 0.324 e. The molecule has 0 spiro atoms. The Hall–Kier alpha value is -1.43. The van der Waals surface area contributed by atoms with Gasteiger partial charge in [0.05, 0.1) is 0 Å². The van der Waals surface area contributed by atoms with Crippen molar-refractivity contribution in [3.8, 4) is 0 Å². The zero-order chi connectivity index (χ0) is 13.1. The van der Waals surface area contributed by atoms with Crippen LogP contribution in [0.15, 0.2) is 0 Å². The van der Waals surface area contributed by atoms with Gasteiger partial charge in [-0.3, -0.25) is 19.7 Å². The molecule has 1 rings (SSSR count). The van der Waals surface area contributed by atoms with Crippen LogP contribution in [0.4, 0.5) is 0 Å². The van der Waals surface area contributed by atoms with Crippen molar-refractivity contribution in [2.75, 3.05) is 19.6 Å². The van der Waals surface area contributed by atoms with Crippen LogP contribution in [0.3, 0.4) is 0 Å². The maximum atomic E-state index is 11.7. The monoisotopic (exact) mass is 241 g/mol. The van der Waals surface area contributed by atoms with Crippen LogP contribution < -0.4 is 10.6 Å². The Labute approximate surface area is 101 Å². The molecule has 0 aromatic rings. The zero-order valence-electron chi connectivity index (χ0n) is 10.5. The van der Waals surface area contributed by atoms with Crippen molar-refractivity contribution in [1.82, 2.24) is 15.5 Å². The van der Waals surface area contributed by atoms with E-state index in [-0.39, 0.29) is 31.0 Å². The second-order valence-corrected chi connectivity index (χ2v) is 5.15. The molecule has 17 heavy (non-hydrogen) atoms. The molecule has 1 aliphatic heterocycles. The summed E-state index contributed by atoms with van der Waals surface area (Å²) in [6, 6.07) is 0. The number of amides is 3. The first kappa shape index (κ1) is 13.6. The molecule has 1 saturated heterocycles. The minimum Gasteiger partial charge on any atom is -0.324 e. The van der Waals surface area contributed by atoms with E-state index >= 15 is 0 Å². The van der Waals surface area contributed by atoms with E-state index < -0.39 is 11.8 Å². The number of nitrogens with one attached hydrogen (secondary N) is 2. The van der Waals surface area contributed by atoms with Gasteiger partial charge in [0.25, 0.3) is 0 Å². The number of hydrogen-bond acceptors (Lipinski definition) is 4. The number of carbonyl (C=O) groups is 3. The third-order valence-electron chi connectivity index (χ3n) is 2.29. The molecule has 96 valence electrons. The van der Waals surface area contributed by atoms with Gasteiger partial charge < -0.3 is 10.2 Å². The topological polar surface area (TPSA) is 78.5 Å². The maximum Gasteiger partial charge on any atom is 0.246 e. The lowest BCUT2D eigenvalue weighted by Crippen LogP contribution is -2.53. The Morgan fingerprint density at radius 3 is 2.29 bits per heavy atom. The molecular weight excluding hydrogens is 222 g/mol. The highest BCUT2D eigenvalue weighted by atomic mass is 16.2. The van der Waals surface area contributed by atoms with Crippen molar-refractivity contribution in [2.24, 2.45) is 0 Å². The molecule has 6 heteroatoms. The van der Waals surface area contributed by atoms with Crippen molar-refractivity contribution >= 4 is 17.7 Å². The molecule has 3 amide bonds. The van der Waals surface area contributed by atoms with Crippen molar-refractivity contribution in [3.05, 3.63) is 0 Å². The molecular formula is C11H19N3O3. The quantitative estimate of drug-likeness (QED) is 0.637. The number of carbonyl (C=O) groups excluding carboxylic acids is 3. The number of nitrogens with zero attached hydrogens (tertiary/aromatic N) is 1. The number of hydrogen-bond donors (Lipinski definition) is 2. The Bertz CT molecular complexity index is 317. The predicted octanol–water partition coefficient (Wildman–Crippen LogP) is -0.750. The summed E-state index contributed by atoms with van der Waals surface area (Å²) in [5, 5.41) is 5.34. The Kier molecular flexibility index (Phi) is 4.22. The first-order valence-electron chi connectivity index (χ1n) is 5.63. The molecule has 1 aliphatic rings. The summed E-state index contributed by atoms with van der Waals surface area (Å²) in [5.74, 6) is -1.01. The number of piperazine rings is 1. The van der Waals surface area contributed by atoms with E-state index in [1.807, 2.05) is 20.8 Å². The lowest BCUT2D eigenvalue weighted by Gasteiger charge is -2.26. The molecule has 1 heterocycles. The normalized spacial score (nSPS) is 17.0. The molecule has 6 nitrogen and oxygen atoms in total. The molecule has 0 aromatic carbocycles. The molecule has 1 fully saturated rings. The first-order chi connectivity index (χ1) is 7.78. The standard InChI is InChI=1S/C11H19N3O3/c1-11(2,3)12-5-4-10(17)14-6-8(15)13-9(16)7-14/h12H,4-7H2,1-3H3,(H,13,15,16). The summed E-state index contributed by atoms with van der Waals surface area (Å²) < 4.78 is 0. The average molecular weight is 241 g/mol. The summed E-state index contributed by atoms with van der Waals surface area (Å²) in [5.41, 5.74) is -0.0463. The van der Waals surface area contributed by atoms with Crippen LogP contribution in [0.5, 0.6) is 0 Å². The van der Waals surface area contributed by atoms with Gasteiger partial charge in [0, 0.05) is 18.5 Å². The number of rotatable bonds is 3. The van der Waals surface area contributed by atoms with Crippen molar-refractivity contribution in [1.29, 1.82) is 0 Å². The third-order valence-corrected chi connectivity index (χ3v) is 2.29. The summed E-state index contributed by atoms with van der Waals surface area (Å²) >= 11 is 0. The van der Waals surface area contributed by atoms with Gasteiger partial charge in [-0.1, -0.05) is 0 Å². The fraction of sp³-hybridized carbons (Fsp3) is 0.727. The van der Waals surface area contributed by atoms with Crippen molar-refractivity contribution in [3.63, 3.8) is 0 Å². The van der Waals surface area contributed by atoms with Gasteiger partial charge in [-0.15, -0.1) is 0 Å². The lowest BCUT2D eigenvalue weighted by atomic mass is 10.1. The minimum absolute atomic E-state index is 0.0277. The maximum absolute atomic E-state index is 11.7. The molecule has 0 aromatic heterocycles. The minimum atomic E-state index is -0.418. The van der Waals surface area contributed by atoms with Crippen LogP contribution in [0.2, 0.25) is 0 Å². The summed E-state index contributed by atoms with van der Waals surface area (Å²) in [4.78, 5) is 35.2. The van der Waals surface area contributed by atoms with E-state index in [1.165, 1.54) is 4.90 Å². The van der Waals surface area contributed by atoms with Gasteiger partial charge >= 0.3 is 0 Å². The van der Waals surface area contributed by atoms with Crippen LogP contribution >= 0.6 is 0 Å². The van der Waals surface area contributed by atoms with Gasteiger partial charge in [-0.05, 0) is 20.8 Å². The van der Waals surface area contributed by atoms with Crippen molar-refractivity contribution in [2.45, 2.75) is 32.7 Å². The van der Waals surface area contributed by atoms with E-state index in [0.29, 0.717) is 6.54 Å². The fourth-order valence-electron chi connectivity index (χ4n) is 1.52. The van der Waals surface area contributed by atoms with E-state index in [1.54, 1.807) is 0 Å². The van der Waals surface area contributed by atoms with Crippen LogP contribution in [0.1, 0.15) is 27.2 Å². The van der Waals surface area contributed by atoms with Gasteiger partial charge in [0.2, 0.25) is 17.7 Å². The average Bonchev–Trinajstić information content (AvgIpc) is 2.13. The SMILES string of the molecule is CC(C)(C)NCCC(=O)N1CC(=O)NC(=O)C1. The smallest absolute Gasteiger partial charge is 0.246 e. The molecule has 0 aliphatic carbocycles. The fourth-order valence-corrected chi connectivity index (χ4v) is 1.52. The van der Waals surface area contributed by atoms with Gasteiger partial charge in [-0.25, -0.2) is 0 Å². The van der Waals surface area contributed by atoms with Crippen molar-refractivity contribution < 1.29 is 14.4 Å². The second kappa shape index (κ2) is 5.27. The van der Waals surface area contributed by atoms with Gasteiger partial charge in [0.1, 0.15) is 13.1 Å². The molecule has 0 bridgehead atoms. The van der Waals surface area contributed by atoms with Gasteiger partial charge in [-0.2, -0.15) is 0 Å². The second-order valence-electron chi connectivity index (χ2n) is 5.15. The molecule has 0 radical (unpaired) electrons. The van der Waals surface area contributed by atoms with E-state index in [9.17, 15) is 14.4 Å². The molecule has 0 unspecified atom stereocenters. The summed E-state index contributed by atoms with van der Waals surface area (Å²) in [6.07, 6.45) is 0.290. The molecule has 0 saturated carbocycles. The van der Waals surface area contributed by atoms with Crippen LogP contribution in [-0.2, 0) is 14.4 Å². The third kappa shape index (κ3) is 4.95. The van der Waals surface area contributed by atoms with Crippen LogP contribution in [-0.4, -0.2) is 47.8 Å². The lowest BCUT2D eigenvalue weighted by molar-refractivity contribution is -0.145. The highest BCUT2D eigenvalue weighted by molar-refractivity contribution is 6.02. The van der Waals surface area contributed by atoms with E-state index in [0.717, 1.165) is 0 Å². The molecule has 0 atom stereocenters. The number of imide groups is 1. The first-order valence-corrected chi connectivity index (χ1v) is 5.63. The molecule has 2 N–H and O–H groups in total. The Morgan fingerprint density at radius 1 is 1.29 bits per heavy atom. The Morgan fingerprint density at radius 2 is 1.82 bits per heavy atom. The zero-order valence-corrected chi connectivity index (χ0v) is 10.5. The van der Waals surface area contributed by atoms with Crippen LogP contribution in [0.25, 0.3) is 0 Å². The predicted molar refractivity (Wildman–Crippen MR) is 62.1 cm³/mol. The van der Waals surface area contributed by atoms with Crippen LogP contribution in [0, 0.1) is 0 Å². The van der Waals surface area contributed by atoms with E-state index in [4.69, 9.17) is 0 Å². The van der Waals surface area contributed by atoms with Gasteiger partial charge in [0.15, 0.2) is 0 Å². The van der Waals surface area contributed by atoms with E-state index in [2.05, 4.69) is 10.6 Å². The summed E-state index contributed by atoms with van der Waals surface area (Å²) in [6.45, 7) is 6.51. The highest BCUT2D eigenvalue weighted by Gasteiger charge is 2.25.